The van der Waals surface area contributed by atoms with Gasteiger partial charge in [0.1, 0.15) is 0 Å². The lowest BCUT2D eigenvalue weighted by Crippen LogP contribution is -2.48. The minimum atomic E-state index is 0.263. The summed E-state index contributed by atoms with van der Waals surface area (Å²) in [7, 11) is 0. The number of benzene rings is 2. The molecule has 29 heavy (non-hydrogen) atoms. The summed E-state index contributed by atoms with van der Waals surface area (Å²) in [6, 6.07) is 14.1. The van der Waals surface area contributed by atoms with E-state index in [1.54, 1.807) is 0 Å². The van der Waals surface area contributed by atoms with E-state index >= 15 is 0 Å². The van der Waals surface area contributed by atoms with Gasteiger partial charge in [-0.05, 0) is 42.2 Å². The van der Waals surface area contributed by atoms with Crippen molar-refractivity contribution in [2.45, 2.75) is 25.8 Å². The van der Waals surface area contributed by atoms with Crippen molar-refractivity contribution in [2.75, 3.05) is 26.2 Å². The maximum absolute atomic E-state index is 12.6. The average molecular weight is 430 g/mol. The van der Waals surface area contributed by atoms with Crippen molar-refractivity contribution in [3.63, 3.8) is 0 Å². The van der Waals surface area contributed by atoms with Crippen molar-refractivity contribution in [1.29, 1.82) is 0 Å². The summed E-state index contributed by atoms with van der Waals surface area (Å²) in [4.78, 5) is 20.3. The number of hydrogen-bond donors (Lipinski definition) is 1. The molecule has 0 radical (unpaired) electrons. The molecule has 0 atom stereocenters. The molecule has 1 fully saturated rings. The molecule has 0 spiro atoms. The Hall–Kier alpha value is -2.01. The van der Waals surface area contributed by atoms with Gasteiger partial charge in [0.05, 0.1) is 10.0 Å². The normalized spacial score (nSPS) is 15.2. The second-order valence-electron chi connectivity index (χ2n) is 7.62. The Bertz CT molecular complexity index is 993. The van der Waals surface area contributed by atoms with Gasteiger partial charge < -0.3 is 9.88 Å². The topological polar surface area (TPSA) is 39.3 Å². The highest BCUT2D eigenvalue weighted by atomic mass is 35.5. The summed E-state index contributed by atoms with van der Waals surface area (Å²) < 4.78 is 0. The second kappa shape index (κ2) is 9.21. The van der Waals surface area contributed by atoms with Crippen LogP contribution in [0.2, 0.25) is 10.0 Å². The van der Waals surface area contributed by atoms with Gasteiger partial charge in [-0.15, -0.1) is 0 Å². The molecular weight excluding hydrogens is 405 g/mol. The number of aromatic nitrogens is 1. The highest BCUT2D eigenvalue weighted by molar-refractivity contribution is 6.42. The van der Waals surface area contributed by atoms with Gasteiger partial charge in [-0.1, -0.05) is 47.5 Å². The monoisotopic (exact) mass is 429 g/mol. The summed E-state index contributed by atoms with van der Waals surface area (Å²) >= 11 is 12.1. The number of aromatic amines is 1. The number of para-hydroxylation sites is 1. The molecule has 152 valence electrons. The zero-order valence-electron chi connectivity index (χ0n) is 16.3. The van der Waals surface area contributed by atoms with E-state index < -0.39 is 0 Å². The number of nitrogens with zero attached hydrogens (tertiary/aromatic N) is 2. The molecule has 4 nitrogen and oxygen atoms in total. The zero-order valence-corrected chi connectivity index (χ0v) is 17.8. The molecule has 1 aromatic heterocycles. The number of nitrogens with one attached hydrogen (secondary N) is 1. The maximum atomic E-state index is 12.6. The molecule has 6 heteroatoms. The summed E-state index contributed by atoms with van der Waals surface area (Å²) in [5, 5.41) is 2.43. The highest BCUT2D eigenvalue weighted by Crippen LogP contribution is 2.24. The summed E-state index contributed by atoms with van der Waals surface area (Å²) in [6.45, 7) is 4.17. The van der Waals surface area contributed by atoms with Gasteiger partial charge in [-0.2, -0.15) is 0 Å². The molecule has 0 aliphatic carbocycles. The van der Waals surface area contributed by atoms with Crippen LogP contribution in [-0.2, 0) is 17.8 Å². The van der Waals surface area contributed by atoms with Gasteiger partial charge in [-0.3, -0.25) is 9.69 Å². The minimum Gasteiger partial charge on any atom is -0.361 e. The Morgan fingerprint density at radius 3 is 2.59 bits per heavy atom. The molecule has 1 amide bonds. The van der Waals surface area contributed by atoms with E-state index in [2.05, 4.69) is 34.3 Å². The maximum Gasteiger partial charge on any atom is 0.222 e. The lowest BCUT2D eigenvalue weighted by Gasteiger charge is -2.35. The molecule has 1 saturated heterocycles. The fourth-order valence-corrected chi connectivity index (χ4v) is 4.30. The van der Waals surface area contributed by atoms with Gasteiger partial charge in [0, 0.05) is 56.2 Å². The van der Waals surface area contributed by atoms with Gasteiger partial charge in [-0.25, -0.2) is 0 Å². The third-order valence-corrected chi connectivity index (χ3v) is 6.37. The number of piperazine rings is 1. The van der Waals surface area contributed by atoms with Crippen LogP contribution in [0.15, 0.2) is 48.7 Å². The van der Waals surface area contributed by atoms with Crippen molar-refractivity contribution >= 4 is 40.0 Å². The van der Waals surface area contributed by atoms with E-state index in [9.17, 15) is 4.79 Å². The Balaban J connectivity index is 1.22. The Morgan fingerprint density at radius 2 is 1.79 bits per heavy atom. The van der Waals surface area contributed by atoms with Crippen molar-refractivity contribution in [2.24, 2.45) is 0 Å². The van der Waals surface area contributed by atoms with E-state index in [0.717, 1.165) is 56.6 Å². The van der Waals surface area contributed by atoms with E-state index in [-0.39, 0.29) is 5.91 Å². The van der Waals surface area contributed by atoms with Gasteiger partial charge in [0.15, 0.2) is 0 Å². The smallest absolute Gasteiger partial charge is 0.222 e. The molecule has 1 N–H and O–H groups in total. The van der Waals surface area contributed by atoms with Crippen LogP contribution in [0.4, 0.5) is 0 Å². The first kappa shape index (κ1) is 20.3. The molecule has 3 aromatic rings. The van der Waals surface area contributed by atoms with Crippen LogP contribution in [0.5, 0.6) is 0 Å². The van der Waals surface area contributed by atoms with E-state index in [0.29, 0.717) is 16.5 Å². The first-order valence-electron chi connectivity index (χ1n) is 10.1. The number of hydrogen-bond acceptors (Lipinski definition) is 2. The number of rotatable bonds is 6. The molecule has 2 aromatic carbocycles. The van der Waals surface area contributed by atoms with Gasteiger partial charge in [0.25, 0.3) is 0 Å². The summed E-state index contributed by atoms with van der Waals surface area (Å²) in [5.41, 5.74) is 3.60. The minimum absolute atomic E-state index is 0.263. The quantitative estimate of drug-likeness (QED) is 0.588. The fourth-order valence-electron chi connectivity index (χ4n) is 3.98. The predicted molar refractivity (Wildman–Crippen MR) is 120 cm³/mol. The van der Waals surface area contributed by atoms with Crippen LogP contribution in [0.1, 0.15) is 24.0 Å². The third-order valence-electron chi connectivity index (χ3n) is 5.63. The second-order valence-corrected chi connectivity index (χ2v) is 8.43. The van der Waals surface area contributed by atoms with E-state index in [4.69, 9.17) is 23.2 Å². The van der Waals surface area contributed by atoms with Gasteiger partial charge in [0.2, 0.25) is 5.91 Å². The molecule has 2 heterocycles. The predicted octanol–water partition coefficient (Wildman–Crippen LogP) is 5.14. The van der Waals surface area contributed by atoms with Crippen LogP contribution in [0.25, 0.3) is 10.9 Å². The number of aryl methyl sites for hydroxylation is 1. The number of halogens is 2. The molecule has 1 aliphatic heterocycles. The van der Waals surface area contributed by atoms with Crippen LogP contribution >= 0.6 is 23.2 Å². The number of amides is 1. The van der Waals surface area contributed by atoms with Crippen LogP contribution in [0.3, 0.4) is 0 Å². The number of carbonyl (C=O) groups is 1. The number of H-pyrrole nitrogens is 1. The summed E-state index contributed by atoms with van der Waals surface area (Å²) in [5.74, 6) is 0.263. The van der Waals surface area contributed by atoms with Crippen LogP contribution in [-0.4, -0.2) is 46.9 Å². The third kappa shape index (κ3) is 4.95. The molecule has 4 rings (SSSR count). The summed E-state index contributed by atoms with van der Waals surface area (Å²) in [6.07, 6.45) is 4.47. The first-order chi connectivity index (χ1) is 14.1. The molecule has 0 saturated carbocycles. The highest BCUT2D eigenvalue weighted by Gasteiger charge is 2.21. The Labute approximate surface area is 181 Å². The van der Waals surface area contributed by atoms with E-state index in [1.165, 1.54) is 10.9 Å². The fraction of sp³-hybridized carbons (Fsp3) is 0.348. The molecular formula is C23H25Cl2N3O. The SMILES string of the molecule is O=C(CCCc1c[nH]c2ccccc12)N1CCN(Cc2ccc(Cl)c(Cl)c2)CC1. The largest absolute Gasteiger partial charge is 0.361 e. The number of carbonyl (C=O) groups excluding carboxylic acids is 1. The Kier molecular flexibility index (Phi) is 6.43. The van der Waals surface area contributed by atoms with E-state index in [1.807, 2.05) is 29.2 Å². The van der Waals surface area contributed by atoms with Crippen molar-refractivity contribution in [3.05, 3.63) is 69.8 Å². The molecule has 0 bridgehead atoms. The average Bonchev–Trinajstić information content (AvgIpc) is 3.14. The Morgan fingerprint density at radius 1 is 1.00 bits per heavy atom. The standard InChI is InChI=1S/C23H25Cl2N3O/c24-20-9-8-17(14-21(20)25)16-27-10-12-28(13-11-27)23(29)7-3-4-18-15-26-22-6-2-1-5-19(18)22/h1-2,5-6,8-9,14-15,26H,3-4,7,10-13,16H2. The lowest BCUT2D eigenvalue weighted by atomic mass is 10.1. The van der Waals surface area contributed by atoms with Crippen molar-refractivity contribution in [1.82, 2.24) is 14.8 Å². The van der Waals surface area contributed by atoms with Crippen LogP contribution < -0.4 is 0 Å². The van der Waals surface area contributed by atoms with Gasteiger partial charge >= 0.3 is 0 Å². The van der Waals surface area contributed by atoms with Crippen molar-refractivity contribution in [3.8, 4) is 0 Å². The van der Waals surface area contributed by atoms with Crippen LogP contribution in [0, 0.1) is 0 Å². The first-order valence-corrected chi connectivity index (χ1v) is 10.8. The lowest BCUT2D eigenvalue weighted by molar-refractivity contribution is -0.133. The number of fused-ring (bicyclic) bond motifs is 1. The molecule has 1 aliphatic rings. The van der Waals surface area contributed by atoms with Crippen molar-refractivity contribution < 1.29 is 4.79 Å². The molecule has 0 unspecified atom stereocenters. The zero-order chi connectivity index (χ0) is 20.2.